The number of ketones is 1. The zero-order chi connectivity index (χ0) is 20.3. The van der Waals surface area contributed by atoms with Gasteiger partial charge in [-0.2, -0.15) is 0 Å². The molecule has 2 saturated heterocycles. The van der Waals surface area contributed by atoms with Crippen LogP contribution in [0.3, 0.4) is 0 Å². The fraction of sp³-hybridized carbons (Fsp3) is 0.364. The highest BCUT2D eigenvalue weighted by atomic mass is 35.5. The van der Waals surface area contributed by atoms with E-state index in [1.165, 1.54) is 11.1 Å². The first kappa shape index (κ1) is 19.0. The Kier molecular flexibility index (Phi) is 4.62. The van der Waals surface area contributed by atoms with Crippen LogP contribution in [0.1, 0.15) is 29.2 Å². The highest BCUT2D eigenvalue weighted by molar-refractivity contribution is 7.71. The van der Waals surface area contributed by atoms with Crippen molar-refractivity contribution in [2.75, 3.05) is 6.61 Å². The molecule has 2 aliphatic heterocycles. The molecule has 0 spiro atoms. The third-order valence-corrected chi connectivity index (χ3v) is 6.79. The van der Waals surface area contributed by atoms with Gasteiger partial charge in [0.15, 0.2) is 10.6 Å². The van der Waals surface area contributed by atoms with Gasteiger partial charge in [0, 0.05) is 11.4 Å². The van der Waals surface area contributed by atoms with Gasteiger partial charge in [-0.15, -0.1) is 0 Å². The standard InChI is InChI=1S/C22H21ClN2O3S/c1-12-7-16-17(8-13(12)2)25(18-9-19(26)21-27-11-20(18)28-21)22(29)24(16)10-14-5-3-4-6-15(14)23/h3-8,18,20-21H,9-11H2,1-2H3/t18-,20-,21+/m0/s1. The molecule has 0 radical (unpaired) electrons. The quantitative estimate of drug-likeness (QED) is 0.565. The van der Waals surface area contributed by atoms with Crippen LogP contribution in [0.4, 0.5) is 0 Å². The predicted molar refractivity (Wildman–Crippen MR) is 114 cm³/mol. The summed E-state index contributed by atoms with van der Waals surface area (Å²) in [5.41, 5.74) is 5.42. The lowest BCUT2D eigenvalue weighted by molar-refractivity contribution is -0.156. The molecule has 2 aliphatic rings. The molecule has 150 valence electrons. The Morgan fingerprint density at radius 3 is 2.66 bits per heavy atom. The number of halogens is 1. The van der Waals surface area contributed by atoms with Crippen LogP contribution in [0, 0.1) is 18.6 Å². The molecule has 7 heteroatoms. The maximum Gasteiger partial charge on any atom is 0.218 e. The number of imidazole rings is 1. The average Bonchev–Trinajstić information content (AvgIpc) is 3.23. The zero-order valence-electron chi connectivity index (χ0n) is 16.2. The number of hydrogen-bond acceptors (Lipinski definition) is 4. The van der Waals surface area contributed by atoms with Crippen molar-refractivity contribution >= 4 is 40.6 Å². The van der Waals surface area contributed by atoms with Crippen LogP contribution in [-0.4, -0.2) is 33.9 Å². The van der Waals surface area contributed by atoms with E-state index in [0.29, 0.717) is 29.4 Å². The van der Waals surface area contributed by atoms with E-state index in [-0.39, 0.29) is 17.9 Å². The molecule has 3 heterocycles. The lowest BCUT2D eigenvalue weighted by atomic mass is 10.0. The van der Waals surface area contributed by atoms with Crippen molar-refractivity contribution in [3.8, 4) is 0 Å². The largest absolute Gasteiger partial charge is 0.343 e. The van der Waals surface area contributed by atoms with Crippen molar-refractivity contribution in [2.24, 2.45) is 0 Å². The lowest BCUT2D eigenvalue weighted by Gasteiger charge is -2.28. The Morgan fingerprint density at radius 2 is 1.90 bits per heavy atom. The molecule has 3 aromatic rings. The highest BCUT2D eigenvalue weighted by Gasteiger charge is 2.44. The summed E-state index contributed by atoms with van der Waals surface area (Å²) in [6.45, 7) is 5.16. The molecule has 2 aromatic carbocycles. The number of carbonyl (C=O) groups is 1. The van der Waals surface area contributed by atoms with Gasteiger partial charge in [-0.1, -0.05) is 29.8 Å². The highest BCUT2D eigenvalue weighted by Crippen LogP contribution is 2.37. The first-order chi connectivity index (χ1) is 13.9. The van der Waals surface area contributed by atoms with Crippen LogP contribution in [0.25, 0.3) is 11.0 Å². The van der Waals surface area contributed by atoms with Gasteiger partial charge in [-0.3, -0.25) is 4.79 Å². The minimum absolute atomic E-state index is 0.0264. The van der Waals surface area contributed by atoms with E-state index in [4.69, 9.17) is 33.3 Å². The van der Waals surface area contributed by atoms with Gasteiger partial charge in [-0.25, -0.2) is 0 Å². The first-order valence-corrected chi connectivity index (χ1v) is 10.5. The van der Waals surface area contributed by atoms with Gasteiger partial charge in [0.05, 0.1) is 30.2 Å². The normalized spacial score (nSPS) is 23.8. The van der Waals surface area contributed by atoms with Crippen LogP contribution in [0.2, 0.25) is 5.02 Å². The third kappa shape index (κ3) is 3.06. The topological polar surface area (TPSA) is 45.4 Å². The number of ether oxygens (including phenoxy) is 2. The van der Waals surface area contributed by atoms with E-state index in [1.54, 1.807) is 0 Å². The number of fused-ring (bicyclic) bond motifs is 3. The Morgan fingerprint density at radius 1 is 1.17 bits per heavy atom. The molecule has 0 saturated carbocycles. The minimum atomic E-state index is -0.717. The number of nitrogens with zero attached hydrogens (tertiary/aromatic N) is 2. The molecule has 0 unspecified atom stereocenters. The first-order valence-electron chi connectivity index (χ1n) is 9.69. The number of benzene rings is 2. The monoisotopic (exact) mass is 428 g/mol. The minimum Gasteiger partial charge on any atom is -0.343 e. The number of aryl methyl sites for hydroxylation is 2. The summed E-state index contributed by atoms with van der Waals surface area (Å²) in [4.78, 5) is 12.4. The second kappa shape index (κ2) is 7.06. The maximum absolute atomic E-state index is 12.4. The van der Waals surface area contributed by atoms with Crippen molar-refractivity contribution in [3.05, 3.63) is 62.9 Å². The molecular formula is C22H21ClN2O3S. The molecule has 5 rings (SSSR count). The van der Waals surface area contributed by atoms with Crippen LogP contribution >= 0.6 is 23.8 Å². The zero-order valence-corrected chi connectivity index (χ0v) is 17.8. The van der Waals surface area contributed by atoms with Gasteiger partial charge in [0.25, 0.3) is 0 Å². The molecule has 0 aliphatic carbocycles. The smallest absolute Gasteiger partial charge is 0.218 e. The second-order valence-electron chi connectivity index (χ2n) is 7.83. The van der Waals surface area contributed by atoms with Crippen molar-refractivity contribution in [1.82, 2.24) is 9.13 Å². The molecule has 29 heavy (non-hydrogen) atoms. The number of aromatic nitrogens is 2. The van der Waals surface area contributed by atoms with E-state index in [9.17, 15) is 4.79 Å². The van der Waals surface area contributed by atoms with Crippen LogP contribution < -0.4 is 0 Å². The van der Waals surface area contributed by atoms with Crippen LogP contribution in [0.5, 0.6) is 0 Å². The van der Waals surface area contributed by atoms with Gasteiger partial charge in [-0.05, 0) is 61.0 Å². The number of carbonyl (C=O) groups excluding carboxylic acids is 1. The maximum atomic E-state index is 12.4. The van der Waals surface area contributed by atoms with Gasteiger partial charge < -0.3 is 18.6 Å². The van der Waals surface area contributed by atoms with Crippen molar-refractivity contribution < 1.29 is 14.3 Å². The molecule has 5 nitrogen and oxygen atoms in total. The Hall–Kier alpha value is -1.99. The fourth-order valence-electron chi connectivity index (χ4n) is 4.28. The van der Waals surface area contributed by atoms with Gasteiger partial charge in [0.1, 0.15) is 6.10 Å². The Labute approximate surface area is 178 Å². The Balaban J connectivity index is 1.71. The van der Waals surface area contributed by atoms with Crippen LogP contribution in [-0.2, 0) is 20.8 Å². The predicted octanol–water partition coefficient (Wildman–Crippen LogP) is 4.75. The molecule has 1 aromatic heterocycles. The summed E-state index contributed by atoms with van der Waals surface area (Å²) in [7, 11) is 0. The molecule has 2 fully saturated rings. The Bertz CT molecular complexity index is 1200. The summed E-state index contributed by atoms with van der Waals surface area (Å²) in [6.07, 6.45) is -0.529. The molecule has 3 atom stereocenters. The molecule has 2 bridgehead atoms. The molecular weight excluding hydrogens is 408 g/mol. The van der Waals surface area contributed by atoms with Gasteiger partial charge >= 0.3 is 0 Å². The number of Topliss-reactive ketones (excluding diaryl/α,β-unsaturated/α-hetero) is 1. The van der Waals surface area contributed by atoms with E-state index in [0.717, 1.165) is 16.6 Å². The average molecular weight is 429 g/mol. The summed E-state index contributed by atoms with van der Waals surface area (Å²) in [6, 6.07) is 11.9. The van der Waals surface area contributed by atoms with Crippen LogP contribution in [0.15, 0.2) is 36.4 Å². The third-order valence-electron chi connectivity index (χ3n) is 6.01. The van der Waals surface area contributed by atoms with Crippen molar-refractivity contribution in [2.45, 2.75) is 45.2 Å². The number of hydrogen-bond donors (Lipinski definition) is 0. The van der Waals surface area contributed by atoms with Crippen molar-refractivity contribution in [1.29, 1.82) is 0 Å². The summed E-state index contributed by atoms with van der Waals surface area (Å²) in [5.74, 6) is -0.0264. The summed E-state index contributed by atoms with van der Waals surface area (Å²) in [5, 5.41) is 0.711. The molecule has 0 N–H and O–H groups in total. The van der Waals surface area contributed by atoms with Gasteiger partial charge in [0.2, 0.25) is 6.29 Å². The molecule has 0 amide bonds. The van der Waals surface area contributed by atoms with Crippen molar-refractivity contribution in [3.63, 3.8) is 0 Å². The second-order valence-corrected chi connectivity index (χ2v) is 8.61. The number of rotatable bonds is 3. The van der Waals surface area contributed by atoms with E-state index in [2.05, 4.69) is 35.1 Å². The lowest BCUT2D eigenvalue weighted by Crippen LogP contribution is -2.37. The summed E-state index contributed by atoms with van der Waals surface area (Å²) >= 11 is 12.4. The van der Waals surface area contributed by atoms with E-state index >= 15 is 0 Å². The SMILES string of the molecule is Cc1cc2c(cc1C)n([C@H]1CC(=O)[C@@H]3OC[C@@H]1O3)c(=S)n2Cc1ccccc1Cl. The van der Waals surface area contributed by atoms with E-state index in [1.807, 2.05) is 24.3 Å². The fourth-order valence-corrected chi connectivity index (χ4v) is 4.87. The van der Waals surface area contributed by atoms with E-state index < -0.39 is 6.29 Å². The summed E-state index contributed by atoms with van der Waals surface area (Å²) < 4.78 is 16.2.